The molecule has 5 heteroatoms. The molecule has 0 atom stereocenters. The molecule has 100 valence electrons. The number of carbonyl (C=O) groups is 1. The van der Waals surface area contributed by atoms with Crippen molar-refractivity contribution in [2.45, 2.75) is 26.7 Å². The van der Waals surface area contributed by atoms with Crippen LogP contribution in [0.1, 0.15) is 35.7 Å². The fourth-order valence-electron chi connectivity index (χ4n) is 1.59. The average Bonchev–Trinajstić information content (AvgIpc) is 2.32. The topological polar surface area (TPSA) is 51.2 Å². The summed E-state index contributed by atoms with van der Waals surface area (Å²) in [5.74, 6) is 0.260. The highest BCUT2D eigenvalue weighted by molar-refractivity contribution is 14.1. The fraction of sp³-hybridized carbons (Fsp3) is 0.462. The molecule has 0 spiro atoms. The summed E-state index contributed by atoms with van der Waals surface area (Å²) in [6, 6.07) is 5.61. The van der Waals surface area contributed by atoms with Gasteiger partial charge in [-0.15, -0.1) is 0 Å². The second-order valence-corrected chi connectivity index (χ2v) is 7.75. The normalized spacial score (nSPS) is 11.5. The number of rotatable bonds is 6. The van der Waals surface area contributed by atoms with E-state index in [2.05, 4.69) is 22.6 Å². The van der Waals surface area contributed by atoms with Crippen molar-refractivity contribution in [2.75, 3.05) is 11.5 Å². The van der Waals surface area contributed by atoms with Gasteiger partial charge in [0.15, 0.2) is 5.78 Å². The van der Waals surface area contributed by atoms with Crippen molar-refractivity contribution in [1.29, 1.82) is 0 Å². The van der Waals surface area contributed by atoms with Gasteiger partial charge in [0, 0.05) is 21.3 Å². The van der Waals surface area contributed by atoms with E-state index in [1.807, 2.05) is 19.1 Å². The second-order valence-electron chi connectivity index (χ2n) is 4.20. The van der Waals surface area contributed by atoms with Gasteiger partial charge in [0.1, 0.15) is 9.84 Å². The molecule has 0 bridgehead atoms. The monoisotopic (exact) mass is 380 g/mol. The molecule has 3 nitrogen and oxygen atoms in total. The Morgan fingerprint density at radius 2 is 2.00 bits per heavy atom. The van der Waals surface area contributed by atoms with E-state index in [0.717, 1.165) is 9.13 Å². The summed E-state index contributed by atoms with van der Waals surface area (Å²) < 4.78 is 23.6. The molecule has 0 aliphatic heterocycles. The van der Waals surface area contributed by atoms with Gasteiger partial charge in [-0.25, -0.2) is 8.42 Å². The predicted octanol–water partition coefficient (Wildman–Crippen LogP) is 3.00. The van der Waals surface area contributed by atoms with Crippen LogP contribution in [0.5, 0.6) is 0 Å². The Labute approximate surface area is 122 Å². The molecular formula is C13H17IO3S. The number of hydrogen-bond donors (Lipinski definition) is 0. The van der Waals surface area contributed by atoms with E-state index in [0.29, 0.717) is 18.4 Å². The maximum absolute atomic E-state index is 12.0. The maximum atomic E-state index is 12.0. The van der Waals surface area contributed by atoms with Crippen molar-refractivity contribution >= 4 is 38.2 Å². The number of aryl methyl sites for hydroxylation is 1. The van der Waals surface area contributed by atoms with Gasteiger partial charge in [-0.2, -0.15) is 0 Å². The lowest BCUT2D eigenvalue weighted by Crippen LogP contribution is -2.11. The van der Waals surface area contributed by atoms with E-state index in [9.17, 15) is 13.2 Å². The van der Waals surface area contributed by atoms with Crippen molar-refractivity contribution in [2.24, 2.45) is 0 Å². The molecule has 0 amide bonds. The molecular weight excluding hydrogens is 363 g/mol. The molecule has 0 aliphatic carbocycles. The lowest BCUT2D eigenvalue weighted by molar-refractivity contribution is 0.0981. The van der Waals surface area contributed by atoms with E-state index in [1.165, 1.54) is 0 Å². The van der Waals surface area contributed by atoms with Crippen molar-refractivity contribution in [3.8, 4) is 0 Å². The third-order valence-electron chi connectivity index (χ3n) is 2.79. The highest BCUT2D eigenvalue weighted by Gasteiger charge is 2.13. The van der Waals surface area contributed by atoms with E-state index in [4.69, 9.17) is 0 Å². The van der Waals surface area contributed by atoms with Gasteiger partial charge in [-0.05, 0) is 41.5 Å². The summed E-state index contributed by atoms with van der Waals surface area (Å²) in [7, 11) is -2.97. The Bertz CT molecular complexity index is 535. The molecule has 0 fully saturated rings. The molecule has 0 N–H and O–H groups in total. The number of Topliss-reactive ketones (excluding diaryl/α,β-unsaturated/α-hetero) is 1. The number of hydrogen-bond acceptors (Lipinski definition) is 3. The molecule has 1 rings (SSSR count). The summed E-state index contributed by atoms with van der Waals surface area (Å²) in [6.07, 6.45) is 0.692. The number of benzene rings is 1. The van der Waals surface area contributed by atoms with Gasteiger partial charge in [0.2, 0.25) is 0 Å². The van der Waals surface area contributed by atoms with Gasteiger partial charge in [0.05, 0.1) is 5.75 Å². The minimum absolute atomic E-state index is 0.0226. The quantitative estimate of drug-likeness (QED) is 0.563. The molecule has 0 unspecified atom stereocenters. The molecule has 0 radical (unpaired) electrons. The first-order valence-electron chi connectivity index (χ1n) is 5.86. The summed E-state index contributed by atoms with van der Waals surface area (Å²) in [5, 5.41) is 0. The van der Waals surface area contributed by atoms with Crippen LogP contribution in [0.4, 0.5) is 0 Å². The Kier molecular flexibility index (Phi) is 5.78. The van der Waals surface area contributed by atoms with Crippen LogP contribution in [0.3, 0.4) is 0 Å². The van der Waals surface area contributed by atoms with Crippen LogP contribution < -0.4 is 0 Å². The van der Waals surface area contributed by atoms with Gasteiger partial charge in [-0.1, -0.05) is 25.1 Å². The molecule has 18 heavy (non-hydrogen) atoms. The summed E-state index contributed by atoms with van der Waals surface area (Å²) in [4.78, 5) is 12.0. The van der Waals surface area contributed by atoms with Gasteiger partial charge >= 0.3 is 0 Å². The lowest BCUT2D eigenvalue weighted by atomic mass is 10.1. The maximum Gasteiger partial charge on any atom is 0.163 e. The van der Waals surface area contributed by atoms with E-state index in [-0.39, 0.29) is 17.3 Å². The fourth-order valence-corrected chi connectivity index (χ4v) is 3.13. The first kappa shape index (κ1) is 15.6. The largest absolute Gasteiger partial charge is 0.294 e. The summed E-state index contributed by atoms with van der Waals surface area (Å²) >= 11 is 2.16. The zero-order valence-electron chi connectivity index (χ0n) is 10.6. The van der Waals surface area contributed by atoms with Crippen LogP contribution in [0.15, 0.2) is 18.2 Å². The third kappa shape index (κ3) is 4.35. The molecule has 0 aromatic heterocycles. The highest BCUT2D eigenvalue weighted by atomic mass is 127. The van der Waals surface area contributed by atoms with Gasteiger partial charge in [-0.3, -0.25) is 4.79 Å². The molecule has 0 saturated heterocycles. The Morgan fingerprint density at radius 1 is 1.33 bits per heavy atom. The zero-order valence-corrected chi connectivity index (χ0v) is 13.5. The Balaban J connectivity index is 2.64. The van der Waals surface area contributed by atoms with Gasteiger partial charge in [0.25, 0.3) is 0 Å². The predicted molar refractivity (Wildman–Crippen MR) is 81.8 cm³/mol. The summed E-state index contributed by atoms with van der Waals surface area (Å²) in [5.41, 5.74) is 1.77. The molecule has 0 aliphatic rings. The SMILES string of the molecule is CCS(=O)(=O)CCCC(=O)c1cccc(C)c1I. The highest BCUT2D eigenvalue weighted by Crippen LogP contribution is 2.18. The van der Waals surface area contributed by atoms with Crippen molar-refractivity contribution in [3.63, 3.8) is 0 Å². The van der Waals surface area contributed by atoms with Crippen LogP contribution in [-0.2, 0) is 9.84 Å². The minimum Gasteiger partial charge on any atom is -0.294 e. The minimum atomic E-state index is -2.97. The second kappa shape index (κ2) is 6.65. The van der Waals surface area contributed by atoms with Crippen molar-refractivity contribution < 1.29 is 13.2 Å². The Hall–Kier alpha value is -0.430. The van der Waals surface area contributed by atoms with Crippen LogP contribution in [-0.4, -0.2) is 25.7 Å². The Morgan fingerprint density at radius 3 is 2.61 bits per heavy atom. The molecule has 0 saturated carbocycles. The van der Waals surface area contributed by atoms with E-state index >= 15 is 0 Å². The standard InChI is InChI=1S/C13H17IO3S/c1-3-18(16,17)9-5-8-12(15)11-7-4-6-10(2)13(11)14/h4,6-7H,3,5,8-9H2,1-2H3. The number of ketones is 1. The lowest BCUT2D eigenvalue weighted by Gasteiger charge is -2.06. The number of sulfone groups is 1. The van der Waals surface area contributed by atoms with Crippen molar-refractivity contribution in [1.82, 2.24) is 0 Å². The first-order chi connectivity index (χ1) is 8.37. The smallest absolute Gasteiger partial charge is 0.163 e. The molecule has 1 aromatic rings. The van der Waals surface area contributed by atoms with Gasteiger partial charge < -0.3 is 0 Å². The van der Waals surface area contributed by atoms with Crippen LogP contribution in [0.25, 0.3) is 0 Å². The van der Waals surface area contributed by atoms with E-state index in [1.54, 1.807) is 13.0 Å². The summed E-state index contributed by atoms with van der Waals surface area (Å²) in [6.45, 7) is 3.58. The van der Waals surface area contributed by atoms with Crippen LogP contribution >= 0.6 is 22.6 Å². The number of carbonyl (C=O) groups excluding carboxylic acids is 1. The average molecular weight is 380 g/mol. The van der Waals surface area contributed by atoms with Crippen LogP contribution in [0, 0.1) is 10.5 Å². The molecule has 0 heterocycles. The number of halogens is 1. The molecule has 1 aromatic carbocycles. The van der Waals surface area contributed by atoms with E-state index < -0.39 is 9.84 Å². The zero-order chi connectivity index (χ0) is 13.8. The van der Waals surface area contributed by atoms with Crippen LogP contribution in [0.2, 0.25) is 0 Å². The first-order valence-corrected chi connectivity index (χ1v) is 8.76. The van der Waals surface area contributed by atoms with Crippen molar-refractivity contribution in [3.05, 3.63) is 32.9 Å². The third-order valence-corrected chi connectivity index (χ3v) is 6.01.